The highest BCUT2D eigenvalue weighted by atomic mass is 32.2. The van der Waals surface area contributed by atoms with E-state index in [-0.39, 0.29) is 29.1 Å². The second-order valence-electron chi connectivity index (χ2n) is 7.58. The Kier molecular flexibility index (Phi) is 8.29. The number of carbonyl (C=O) groups excluding carboxylic acids is 2. The number of rotatable bonds is 6. The average Bonchev–Trinajstić information content (AvgIpc) is 2.82. The fourth-order valence-corrected chi connectivity index (χ4v) is 4.71. The first kappa shape index (κ1) is 25.7. The van der Waals surface area contributed by atoms with Gasteiger partial charge in [-0.05, 0) is 31.9 Å². The summed E-state index contributed by atoms with van der Waals surface area (Å²) in [4.78, 5) is 30.2. The Balaban J connectivity index is 2.15. The van der Waals surface area contributed by atoms with Crippen molar-refractivity contribution in [2.45, 2.75) is 32.4 Å². The number of dihydropyridines is 1. The summed E-state index contributed by atoms with van der Waals surface area (Å²) in [5.41, 5.74) is 0.186. The van der Waals surface area contributed by atoms with Gasteiger partial charge in [0.15, 0.2) is 5.17 Å². The molecule has 0 spiro atoms. The van der Waals surface area contributed by atoms with Crippen molar-refractivity contribution in [2.75, 3.05) is 32.6 Å². The number of aliphatic imine (C=N–C) groups is 1. The van der Waals surface area contributed by atoms with E-state index in [4.69, 9.17) is 9.47 Å². The number of methoxy groups -OCH3 is 1. The number of alkyl halides is 3. The van der Waals surface area contributed by atoms with Crippen molar-refractivity contribution >= 4 is 28.9 Å². The Hall–Kier alpha value is -2.95. The minimum absolute atomic E-state index is 0.0479. The third-order valence-electron chi connectivity index (χ3n) is 5.31. The largest absolute Gasteiger partial charge is 0.466 e. The highest BCUT2D eigenvalue weighted by Gasteiger charge is 2.40. The summed E-state index contributed by atoms with van der Waals surface area (Å²) in [5, 5.41) is 6.97. The van der Waals surface area contributed by atoms with Crippen LogP contribution < -0.4 is 10.6 Å². The maximum absolute atomic E-state index is 13.5. The Morgan fingerprint density at radius 1 is 1.24 bits per heavy atom. The fourth-order valence-electron chi connectivity index (χ4n) is 3.82. The Morgan fingerprint density at radius 2 is 2.00 bits per heavy atom. The molecular formula is C23H26F3N3O4S. The number of nitrogens with zero attached hydrogens (tertiary/aromatic N) is 1. The van der Waals surface area contributed by atoms with E-state index < -0.39 is 29.6 Å². The fraction of sp³-hybridized carbons (Fsp3) is 0.435. The van der Waals surface area contributed by atoms with E-state index >= 15 is 0 Å². The van der Waals surface area contributed by atoms with Gasteiger partial charge in [-0.2, -0.15) is 13.2 Å². The second kappa shape index (κ2) is 11.0. The number of allylic oxidation sites excluding steroid dienone is 1. The maximum atomic E-state index is 13.5. The summed E-state index contributed by atoms with van der Waals surface area (Å²) < 4.78 is 50.6. The number of ether oxygens (including phenoxy) is 2. The number of benzene rings is 1. The molecule has 2 aliphatic heterocycles. The molecule has 0 bridgehead atoms. The van der Waals surface area contributed by atoms with Crippen molar-refractivity contribution in [3.63, 3.8) is 0 Å². The van der Waals surface area contributed by atoms with Crippen molar-refractivity contribution in [3.05, 3.63) is 57.9 Å². The van der Waals surface area contributed by atoms with Crippen LogP contribution in [0.4, 0.5) is 13.2 Å². The molecular weight excluding hydrogens is 471 g/mol. The van der Waals surface area contributed by atoms with E-state index in [9.17, 15) is 22.8 Å². The molecule has 34 heavy (non-hydrogen) atoms. The molecule has 0 fully saturated rings. The van der Waals surface area contributed by atoms with E-state index in [0.717, 1.165) is 25.1 Å². The number of amidine groups is 1. The molecule has 184 valence electrons. The zero-order valence-electron chi connectivity index (χ0n) is 19.0. The first-order chi connectivity index (χ1) is 16.2. The number of hydrogen-bond donors (Lipinski definition) is 2. The molecule has 0 amide bonds. The van der Waals surface area contributed by atoms with Crippen molar-refractivity contribution < 1.29 is 32.2 Å². The van der Waals surface area contributed by atoms with Crippen LogP contribution in [0.2, 0.25) is 0 Å². The molecule has 11 heteroatoms. The normalized spacial score (nSPS) is 18.6. The Labute approximate surface area is 199 Å². The van der Waals surface area contributed by atoms with Crippen molar-refractivity contribution in [1.82, 2.24) is 10.6 Å². The molecule has 1 aromatic carbocycles. The van der Waals surface area contributed by atoms with Gasteiger partial charge in [-0.15, -0.1) is 0 Å². The average molecular weight is 498 g/mol. The summed E-state index contributed by atoms with van der Waals surface area (Å²) in [6.45, 7) is 4.77. The van der Waals surface area contributed by atoms with Gasteiger partial charge >= 0.3 is 18.1 Å². The van der Waals surface area contributed by atoms with E-state index in [1.807, 2.05) is 0 Å². The quantitative estimate of drug-likeness (QED) is 0.579. The van der Waals surface area contributed by atoms with Crippen LogP contribution in [0.1, 0.15) is 37.3 Å². The molecule has 0 saturated carbocycles. The standard InChI is InChI=1S/C23H26F3N3O4S/c1-4-33-21(31)19-16(12-34-22-27-9-6-10-28-22)29-13(2)17(20(30)32-3)18(19)14-7-5-8-15(11-14)23(24,25)26/h5,7-8,11,18,29H,4,6,9-10,12H2,1-3H3,(H,27,28). The van der Waals surface area contributed by atoms with Crippen LogP contribution in [0, 0.1) is 0 Å². The van der Waals surface area contributed by atoms with Crippen LogP contribution in [-0.4, -0.2) is 49.7 Å². The zero-order chi connectivity index (χ0) is 24.9. The molecule has 1 atom stereocenters. The highest BCUT2D eigenvalue weighted by Crippen LogP contribution is 2.41. The molecule has 1 aromatic rings. The second-order valence-corrected chi connectivity index (χ2v) is 8.54. The van der Waals surface area contributed by atoms with Crippen molar-refractivity contribution in [3.8, 4) is 0 Å². The lowest BCUT2D eigenvalue weighted by Crippen LogP contribution is -2.35. The topological polar surface area (TPSA) is 89.0 Å². The van der Waals surface area contributed by atoms with Gasteiger partial charge < -0.3 is 20.1 Å². The van der Waals surface area contributed by atoms with Crippen LogP contribution >= 0.6 is 11.8 Å². The molecule has 7 nitrogen and oxygen atoms in total. The van der Waals surface area contributed by atoms with E-state index in [2.05, 4.69) is 15.6 Å². The van der Waals surface area contributed by atoms with Crippen molar-refractivity contribution in [2.24, 2.45) is 4.99 Å². The predicted octanol–water partition coefficient (Wildman–Crippen LogP) is 3.74. The third-order valence-corrected chi connectivity index (χ3v) is 6.29. The third kappa shape index (κ3) is 5.75. The van der Waals surface area contributed by atoms with Crippen LogP contribution in [0.25, 0.3) is 0 Å². The molecule has 2 N–H and O–H groups in total. The molecule has 2 heterocycles. The van der Waals surface area contributed by atoms with Gasteiger partial charge in [0.1, 0.15) is 0 Å². The van der Waals surface area contributed by atoms with Crippen molar-refractivity contribution in [1.29, 1.82) is 0 Å². The number of thioether (sulfide) groups is 1. The van der Waals surface area contributed by atoms with Crippen LogP contribution in [-0.2, 0) is 25.2 Å². The smallest absolute Gasteiger partial charge is 0.416 e. The number of esters is 2. The number of nitrogens with one attached hydrogen (secondary N) is 2. The Morgan fingerprint density at radius 3 is 2.62 bits per heavy atom. The maximum Gasteiger partial charge on any atom is 0.416 e. The molecule has 3 rings (SSSR count). The summed E-state index contributed by atoms with van der Waals surface area (Å²) in [7, 11) is 1.18. The summed E-state index contributed by atoms with van der Waals surface area (Å²) in [5.74, 6) is -2.31. The predicted molar refractivity (Wildman–Crippen MR) is 123 cm³/mol. The van der Waals surface area contributed by atoms with Gasteiger partial charge in [0.2, 0.25) is 0 Å². The number of hydrogen-bond acceptors (Lipinski definition) is 8. The van der Waals surface area contributed by atoms with E-state index in [0.29, 0.717) is 23.1 Å². The van der Waals surface area contributed by atoms with Gasteiger partial charge in [-0.25, -0.2) is 9.59 Å². The summed E-state index contributed by atoms with van der Waals surface area (Å²) in [6.07, 6.45) is -3.68. The lowest BCUT2D eigenvalue weighted by atomic mass is 9.80. The van der Waals surface area contributed by atoms with Gasteiger partial charge in [0, 0.05) is 30.2 Å². The molecule has 0 saturated heterocycles. The van der Waals surface area contributed by atoms with Gasteiger partial charge in [-0.1, -0.05) is 30.0 Å². The molecule has 0 aromatic heterocycles. The summed E-state index contributed by atoms with van der Waals surface area (Å²) in [6, 6.07) is 4.60. The van der Waals surface area contributed by atoms with Gasteiger partial charge in [0.25, 0.3) is 0 Å². The Bertz CT molecular complexity index is 1050. The zero-order valence-corrected chi connectivity index (χ0v) is 19.9. The minimum atomic E-state index is -4.59. The first-order valence-electron chi connectivity index (χ1n) is 10.7. The van der Waals surface area contributed by atoms with E-state index in [1.165, 1.54) is 31.0 Å². The summed E-state index contributed by atoms with van der Waals surface area (Å²) >= 11 is 1.36. The first-order valence-corrected chi connectivity index (χ1v) is 11.7. The van der Waals surface area contributed by atoms with E-state index in [1.54, 1.807) is 13.8 Å². The highest BCUT2D eigenvalue weighted by molar-refractivity contribution is 8.14. The molecule has 2 aliphatic rings. The molecule has 1 unspecified atom stereocenters. The number of halogens is 3. The molecule has 0 aliphatic carbocycles. The van der Waals surface area contributed by atoms with Crippen LogP contribution in [0.5, 0.6) is 0 Å². The lowest BCUT2D eigenvalue weighted by Gasteiger charge is -2.31. The lowest BCUT2D eigenvalue weighted by molar-refractivity contribution is -0.139. The van der Waals surface area contributed by atoms with Gasteiger partial charge in [0.05, 0.1) is 36.3 Å². The van der Waals surface area contributed by atoms with Gasteiger partial charge in [-0.3, -0.25) is 4.99 Å². The van der Waals surface area contributed by atoms with Crippen LogP contribution in [0.15, 0.2) is 51.8 Å². The number of carbonyl (C=O) groups is 2. The monoisotopic (exact) mass is 497 g/mol. The SMILES string of the molecule is CCOC(=O)C1=C(CSC2=NCCCN2)NC(C)=C(C(=O)OC)C1c1cccc(C(F)(F)F)c1. The molecule has 0 radical (unpaired) electrons. The minimum Gasteiger partial charge on any atom is -0.466 e. The van der Waals surface area contributed by atoms with Crippen LogP contribution in [0.3, 0.4) is 0 Å².